The Bertz CT molecular complexity index is 819. The Kier molecular flexibility index (Phi) is 4.00. The minimum Gasteiger partial charge on any atom is -0.335 e. The molecule has 2 aromatic rings. The van der Waals surface area contributed by atoms with Gasteiger partial charge in [0.1, 0.15) is 17.6 Å². The third kappa shape index (κ3) is 3.06. The molecule has 0 aliphatic heterocycles. The van der Waals surface area contributed by atoms with Crippen LogP contribution in [0.25, 0.3) is 11.3 Å². The summed E-state index contributed by atoms with van der Waals surface area (Å²) in [5.41, 5.74) is 1.44. The molecule has 0 bridgehead atoms. The van der Waals surface area contributed by atoms with E-state index in [2.05, 4.69) is 4.72 Å². The molecule has 0 aliphatic rings. The molecule has 0 saturated carbocycles. The monoisotopic (exact) mass is 307 g/mol. The van der Waals surface area contributed by atoms with Gasteiger partial charge in [-0.15, -0.1) is 0 Å². The predicted octanol–water partition coefficient (Wildman–Crippen LogP) is 2.46. The molecule has 7 heteroatoms. The van der Waals surface area contributed by atoms with Crippen LogP contribution in [0.15, 0.2) is 30.3 Å². The molecule has 0 spiro atoms. The molecular weight excluding hydrogens is 293 g/mol. The highest BCUT2D eigenvalue weighted by Crippen LogP contribution is 2.27. The summed E-state index contributed by atoms with van der Waals surface area (Å²) in [5.74, 6) is -0.642. The van der Waals surface area contributed by atoms with Crippen molar-refractivity contribution in [2.24, 2.45) is 7.05 Å². The van der Waals surface area contributed by atoms with Crippen LogP contribution < -0.4 is 4.72 Å². The van der Waals surface area contributed by atoms with Crippen molar-refractivity contribution in [2.45, 2.75) is 6.92 Å². The molecule has 0 amide bonds. The second kappa shape index (κ2) is 5.58. The lowest BCUT2D eigenvalue weighted by Gasteiger charge is -2.09. The highest BCUT2D eigenvalue weighted by atomic mass is 32.2. The van der Waals surface area contributed by atoms with E-state index in [1.165, 1.54) is 19.1 Å². The molecule has 0 radical (unpaired) electrons. The lowest BCUT2D eigenvalue weighted by molar-refractivity contribution is 0.602. The maximum absolute atomic E-state index is 14.2. The van der Waals surface area contributed by atoms with Gasteiger partial charge in [0.15, 0.2) is 0 Å². The van der Waals surface area contributed by atoms with E-state index in [1.807, 2.05) is 6.07 Å². The number of aromatic nitrogens is 1. The van der Waals surface area contributed by atoms with Crippen LogP contribution in [0.1, 0.15) is 12.6 Å². The maximum atomic E-state index is 14.2. The Morgan fingerprint density at radius 1 is 1.33 bits per heavy atom. The van der Waals surface area contributed by atoms with E-state index in [0.717, 1.165) is 6.07 Å². The van der Waals surface area contributed by atoms with E-state index in [0.29, 0.717) is 17.0 Å². The van der Waals surface area contributed by atoms with Crippen molar-refractivity contribution in [1.29, 1.82) is 5.26 Å². The molecule has 2 rings (SSSR count). The summed E-state index contributed by atoms with van der Waals surface area (Å²) in [5, 5.41) is 8.91. The van der Waals surface area contributed by atoms with Crippen LogP contribution in [0.3, 0.4) is 0 Å². The summed E-state index contributed by atoms with van der Waals surface area (Å²) in [4.78, 5) is 0. The van der Waals surface area contributed by atoms with Crippen LogP contribution in [0.4, 0.5) is 10.1 Å². The molecule has 0 saturated heterocycles. The zero-order valence-electron chi connectivity index (χ0n) is 11.6. The number of sulfonamides is 1. The van der Waals surface area contributed by atoms with Gasteiger partial charge in [-0.05, 0) is 37.3 Å². The molecule has 1 aromatic heterocycles. The lowest BCUT2D eigenvalue weighted by atomic mass is 10.1. The Balaban J connectivity index is 2.40. The number of benzene rings is 1. The van der Waals surface area contributed by atoms with Crippen molar-refractivity contribution in [3.05, 3.63) is 41.8 Å². The Hall–Kier alpha value is -2.33. The molecule has 110 valence electrons. The summed E-state index contributed by atoms with van der Waals surface area (Å²) >= 11 is 0. The number of rotatable bonds is 4. The largest absolute Gasteiger partial charge is 0.335 e. The second-order valence-corrected chi connectivity index (χ2v) is 6.49. The number of hydrogen-bond donors (Lipinski definition) is 1. The van der Waals surface area contributed by atoms with Gasteiger partial charge in [-0.2, -0.15) is 5.26 Å². The molecule has 21 heavy (non-hydrogen) atoms. The Morgan fingerprint density at radius 3 is 2.57 bits per heavy atom. The van der Waals surface area contributed by atoms with Gasteiger partial charge in [0, 0.05) is 12.6 Å². The highest BCUT2D eigenvalue weighted by Gasteiger charge is 2.13. The van der Waals surface area contributed by atoms with Crippen LogP contribution in [0.2, 0.25) is 0 Å². The summed E-state index contributed by atoms with van der Waals surface area (Å²) in [7, 11) is -1.77. The number of anilines is 1. The first-order valence-electron chi connectivity index (χ1n) is 6.24. The standard InChI is InChI=1S/C14H14FN3O2S/c1-3-21(19,20)17-10-4-6-12(13(15)8-10)14-7-5-11(9-16)18(14)2/h4-8,17H,3H2,1-2H3. The van der Waals surface area contributed by atoms with Crippen molar-refractivity contribution in [1.82, 2.24) is 4.57 Å². The third-order valence-electron chi connectivity index (χ3n) is 3.13. The lowest BCUT2D eigenvalue weighted by Crippen LogP contribution is -2.14. The number of nitrogens with one attached hydrogen (secondary N) is 1. The van der Waals surface area contributed by atoms with Gasteiger partial charge in [0.05, 0.1) is 17.1 Å². The van der Waals surface area contributed by atoms with Crippen LogP contribution in [-0.4, -0.2) is 18.7 Å². The second-order valence-electron chi connectivity index (χ2n) is 4.47. The molecular formula is C14H14FN3O2S. The van der Waals surface area contributed by atoms with Gasteiger partial charge in [-0.25, -0.2) is 12.8 Å². The minimum absolute atomic E-state index is 0.0836. The van der Waals surface area contributed by atoms with E-state index >= 15 is 0 Å². The van der Waals surface area contributed by atoms with E-state index in [4.69, 9.17) is 5.26 Å². The normalized spacial score (nSPS) is 11.1. The average molecular weight is 307 g/mol. The summed E-state index contributed by atoms with van der Waals surface area (Å²) in [6.07, 6.45) is 0. The first-order valence-corrected chi connectivity index (χ1v) is 7.89. The average Bonchev–Trinajstić information content (AvgIpc) is 2.80. The van der Waals surface area contributed by atoms with E-state index in [9.17, 15) is 12.8 Å². The van der Waals surface area contributed by atoms with Gasteiger partial charge < -0.3 is 4.57 Å². The highest BCUT2D eigenvalue weighted by molar-refractivity contribution is 7.92. The van der Waals surface area contributed by atoms with Crippen molar-refractivity contribution in [3.63, 3.8) is 0 Å². The van der Waals surface area contributed by atoms with E-state index < -0.39 is 15.8 Å². The van der Waals surface area contributed by atoms with Gasteiger partial charge in [0.2, 0.25) is 10.0 Å². The van der Waals surface area contributed by atoms with Crippen LogP contribution in [-0.2, 0) is 17.1 Å². The fraction of sp³-hybridized carbons (Fsp3) is 0.214. The van der Waals surface area contributed by atoms with Crippen molar-refractivity contribution < 1.29 is 12.8 Å². The summed E-state index contributed by atoms with van der Waals surface area (Å²) in [6, 6.07) is 9.35. The number of hydrogen-bond acceptors (Lipinski definition) is 3. The Morgan fingerprint density at radius 2 is 2.05 bits per heavy atom. The molecule has 0 fully saturated rings. The fourth-order valence-corrected chi connectivity index (χ4v) is 2.56. The van der Waals surface area contributed by atoms with Gasteiger partial charge >= 0.3 is 0 Å². The molecule has 5 nitrogen and oxygen atoms in total. The summed E-state index contributed by atoms with van der Waals surface area (Å²) < 4.78 is 41.0. The number of halogens is 1. The molecule has 1 heterocycles. The third-order valence-corrected chi connectivity index (χ3v) is 4.44. The minimum atomic E-state index is -3.44. The van der Waals surface area contributed by atoms with Gasteiger partial charge in [0.25, 0.3) is 0 Å². The predicted molar refractivity (Wildman–Crippen MR) is 78.6 cm³/mol. The number of nitriles is 1. The summed E-state index contributed by atoms with van der Waals surface area (Å²) in [6.45, 7) is 1.50. The van der Waals surface area contributed by atoms with Crippen LogP contribution in [0.5, 0.6) is 0 Å². The molecule has 1 N–H and O–H groups in total. The van der Waals surface area contributed by atoms with Crippen LogP contribution in [0, 0.1) is 17.1 Å². The molecule has 0 unspecified atom stereocenters. The molecule has 0 atom stereocenters. The SMILES string of the molecule is CCS(=O)(=O)Nc1ccc(-c2ccc(C#N)n2C)c(F)c1. The number of nitrogens with zero attached hydrogens (tertiary/aromatic N) is 2. The quantitative estimate of drug-likeness (QED) is 0.943. The smallest absolute Gasteiger partial charge is 0.232 e. The Labute approximate surface area is 122 Å². The topological polar surface area (TPSA) is 74.9 Å². The maximum Gasteiger partial charge on any atom is 0.232 e. The van der Waals surface area contributed by atoms with Crippen molar-refractivity contribution in [3.8, 4) is 17.3 Å². The van der Waals surface area contributed by atoms with Crippen molar-refractivity contribution in [2.75, 3.05) is 10.5 Å². The van der Waals surface area contributed by atoms with Gasteiger partial charge in [-0.3, -0.25) is 4.72 Å². The first kappa shape index (κ1) is 15.1. The van der Waals surface area contributed by atoms with E-state index in [-0.39, 0.29) is 11.4 Å². The van der Waals surface area contributed by atoms with E-state index in [1.54, 1.807) is 23.7 Å². The van der Waals surface area contributed by atoms with Crippen molar-refractivity contribution >= 4 is 15.7 Å². The van der Waals surface area contributed by atoms with Crippen LogP contribution >= 0.6 is 0 Å². The fourth-order valence-electron chi connectivity index (χ4n) is 1.93. The van der Waals surface area contributed by atoms with Gasteiger partial charge in [-0.1, -0.05) is 0 Å². The molecule has 1 aromatic carbocycles. The first-order chi connectivity index (χ1) is 9.88. The zero-order valence-corrected chi connectivity index (χ0v) is 12.4. The molecule has 0 aliphatic carbocycles. The zero-order chi connectivity index (χ0) is 15.6.